The molecule has 0 aromatic heterocycles. The molecule has 1 aromatic carbocycles. The van der Waals surface area contributed by atoms with E-state index < -0.39 is 6.10 Å². The third-order valence-electron chi connectivity index (χ3n) is 3.42. The highest BCUT2D eigenvalue weighted by Gasteiger charge is 2.23. The van der Waals surface area contributed by atoms with Crippen molar-refractivity contribution in [1.82, 2.24) is 0 Å². The number of benzene rings is 1. The molecule has 0 amide bonds. The number of aliphatic hydroxyl groups excluding tert-OH is 1. The lowest BCUT2D eigenvalue weighted by molar-refractivity contribution is 0.0256. The standard InChI is InChI=1S/C15H22O4/c1-10-4-5-13(19-10)9-18-15-8-12(17-3)6-7-14(15)11(2)16/h6-8,10-11,13,16H,4-5,9H2,1-3H3. The second kappa shape index (κ2) is 6.26. The Kier molecular flexibility index (Phi) is 4.66. The summed E-state index contributed by atoms with van der Waals surface area (Å²) in [5.41, 5.74) is 0.770. The molecule has 0 saturated carbocycles. The van der Waals surface area contributed by atoms with Crippen LogP contribution in [-0.2, 0) is 4.74 Å². The highest BCUT2D eigenvalue weighted by Crippen LogP contribution is 2.30. The molecule has 1 fully saturated rings. The molecule has 19 heavy (non-hydrogen) atoms. The van der Waals surface area contributed by atoms with Crippen LogP contribution in [0.25, 0.3) is 0 Å². The van der Waals surface area contributed by atoms with E-state index in [1.165, 1.54) is 0 Å². The van der Waals surface area contributed by atoms with E-state index in [1.54, 1.807) is 20.1 Å². The Balaban J connectivity index is 2.04. The van der Waals surface area contributed by atoms with Crippen molar-refractivity contribution in [2.45, 2.75) is 45.0 Å². The van der Waals surface area contributed by atoms with Crippen molar-refractivity contribution in [3.63, 3.8) is 0 Å². The topological polar surface area (TPSA) is 47.9 Å². The van der Waals surface area contributed by atoms with E-state index in [2.05, 4.69) is 6.92 Å². The van der Waals surface area contributed by atoms with Gasteiger partial charge in [-0.2, -0.15) is 0 Å². The second-order valence-corrected chi connectivity index (χ2v) is 5.04. The molecule has 0 spiro atoms. The number of methoxy groups -OCH3 is 1. The van der Waals surface area contributed by atoms with Crippen molar-refractivity contribution >= 4 is 0 Å². The first kappa shape index (κ1) is 14.2. The van der Waals surface area contributed by atoms with Crippen molar-refractivity contribution in [2.24, 2.45) is 0 Å². The predicted octanol–water partition coefficient (Wildman–Crippen LogP) is 2.69. The van der Waals surface area contributed by atoms with Crippen LogP contribution in [0.3, 0.4) is 0 Å². The fraction of sp³-hybridized carbons (Fsp3) is 0.600. The average Bonchev–Trinajstić information content (AvgIpc) is 2.81. The van der Waals surface area contributed by atoms with Gasteiger partial charge in [0.15, 0.2) is 0 Å². The maximum Gasteiger partial charge on any atom is 0.128 e. The Bertz CT molecular complexity index is 417. The molecule has 1 aromatic rings. The van der Waals surface area contributed by atoms with E-state index in [9.17, 15) is 5.11 Å². The third-order valence-corrected chi connectivity index (χ3v) is 3.42. The third kappa shape index (κ3) is 3.61. The smallest absolute Gasteiger partial charge is 0.128 e. The van der Waals surface area contributed by atoms with Crippen LogP contribution in [-0.4, -0.2) is 31.0 Å². The van der Waals surface area contributed by atoms with Crippen molar-refractivity contribution in [1.29, 1.82) is 0 Å². The maximum atomic E-state index is 9.75. The molecule has 4 heteroatoms. The van der Waals surface area contributed by atoms with Crippen LogP contribution in [0.2, 0.25) is 0 Å². The van der Waals surface area contributed by atoms with Crippen LogP contribution in [0, 0.1) is 0 Å². The fourth-order valence-corrected chi connectivity index (χ4v) is 2.30. The summed E-state index contributed by atoms with van der Waals surface area (Å²) in [6.45, 7) is 4.31. The molecule has 0 bridgehead atoms. The molecule has 1 aliphatic rings. The Morgan fingerprint density at radius 3 is 2.79 bits per heavy atom. The molecule has 4 nitrogen and oxygen atoms in total. The van der Waals surface area contributed by atoms with Crippen molar-refractivity contribution in [2.75, 3.05) is 13.7 Å². The normalized spacial score (nSPS) is 24.2. The minimum Gasteiger partial charge on any atom is -0.497 e. The minimum atomic E-state index is -0.565. The largest absolute Gasteiger partial charge is 0.497 e. The van der Waals surface area contributed by atoms with Gasteiger partial charge in [0.2, 0.25) is 0 Å². The summed E-state index contributed by atoms with van der Waals surface area (Å²) < 4.78 is 16.7. The van der Waals surface area contributed by atoms with Crippen molar-refractivity contribution in [3.05, 3.63) is 23.8 Å². The van der Waals surface area contributed by atoms with Gasteiger partial charge in [-0.3, -0.25) is 0 Å². The zero-order valence-corrected chi connectivity index (χ0v) is 11.8. The highest BCUT2D eigenvalue weighted by molar-refractivity contribution is 5.41. The quantitative estimate of drug-likeness (QED) is 0.890. The molecule has 1 aliphatic heterocycles. The van der Waals surface area contributed by atoms with Crippen LogP contribution in [0.4, 0.5) is 0 Å². The molecule has 106 valence electrons. The molecular formula is C15H22O4. The number of hydrogen-bond acceptors (Lipinski definition) is 4. The average molecular weight is 266 g/mol. The van der Waals surface area contributed by atoms with Gasteiger partial charge in [0.1, 0.15) is 18.1 Å². The number of hydrogen-bond donors (Lipinski definition) is 1. The molecule has 3 atom stereocenters. The molecule has 1 N–H and O–H groups in total. The lowest BCUT2D eigenvalue weighted by Crippen LogP contribution is -2.18. The Hall–Kier alpha value is -1.26. The summed E-state index contributed by atoms with van der Waals surface area (Å²) in [5, 5.41) is 9.75. The van der Waals surface area contributed by atoms with Gasteiger partial charge in [0.05, 0.1) is 25.4 Å². The molecule has 1 saturated heterocycles. The minimum absolute atomic E-state index is 0.142. The Labute approximate surface area is 114 Å². The molecular weight excluding hydrogens is 244 g/mol. The first-order chi connectivity index (χ1) is 9.10. The van der Waals surface area contributed by atoms with E-state index in [-0.39, 0.29) is 6.10 Å². The lowest BCUT2D eigenvalue weighted by Gasteiger charge is -2.17. The second-order valence-electron chi connectivity index (χ2n) is 5.04. The van der Waals surface area contributed by atoms with Crippen molar-refractivity contribution < 1.29 is 19.3 Å². The molecule has 2 rings (SSSR count). The first-order valence-electron chi connectivity index (χ1n) is 6.74. The van der Waals surface area contributed by atoms with E-state index in [0.29, 0.717) is 18.5 Å². The maximum absolute atomic E-state index is 9.75. The van der Waals surface area contributed by atoms with Crippen LogP contribution >= 0.6 is 0 Å². The Morgan fingerprint density at radius 1 is 1.42 bits per heavy atom. The van der Waals surface area contributed by atoms with Gasteiger partial charge in [-0.25, -0.2) is 0 Å². The summed E-state index contributed by atoms with van der Waals surface area (Å²) in [7, 11) is 1.61. The molecule has 1 heterocycles. The van der Waals surface area contributed by atoms with Gasteiger partial charge in [0, 0.05) is 11.6 Å². The molecule has 3 unspecified atom stereocenters. The fourth-order valence-electron chi connectivity index (χ4n) is 2.30. The van der Waals surface area contributed by atoms with Gasteiger partial charge in [-0.05, 0) is 38.8 Å². The predicted molar refractivity (Wildman–Crippen MR) is 72.7 cm³/mol. The van der Waals surface area contributed by atoms with Gasteiger partial charge in [0.25, 0.3) is 0 Å². The summed E-state index contributed by atoms with van der Waals surface area (Å²) in [6, 6.07) is 5.46. The SMILES string of the molecule is COc1ccc(C(C)O)c(OCC2CCC(C)O2)c1. The van der Waals surface area contributed by atoms with Crippen LogP contribution in [0.5, 0.6) is 11.5 Å². The number of rotatable bonds is 5. The van der Waals surface area contributed by atoms with Crippen LogP contribution in [0.15, 0.2) is 18.2 Å². The van der Waals surface area contributed by atoms with Gasteiger partial charge in [-0.15, -0.1) is 0 Å². The van der Waals surface area contributed by atoms with E-state index >= 15 is 0 Å². The van der Waals surface area contributed by atoms with Gasteiger partial charge < -0.3 is 19.3 Å². The van der Waals surface area contributed by atoms with E-state index in [1.807, 2.05) is 12.1 Å². The zero-order valence-electron chi connectivity index (χ0n) is 11.8. The number of ether oxygens (including phenoxy) is 3. The molecule has 0 radical (unpaired) electrons. The van der Waals surface area contributed by atoms with E-state index in [4.69, 9.17) is 14.2 Å². The monoisotopic (exact) mass is 266 g/mol. The summed E-state index contributed by atoms with van der Waals surface area (Å²) in [5.74, 6) is 1.39. The van der Waals surface area contributed by atoms with Gasteiger partial charge in [-0.1, -0.05) is 0 Å². The highest BCUT2D eigenvalue weighted by atomic mass is 16.5. The number of aliphatic hydroxyl groups is 1. The van der Waals surface area contributed by atoms with Crippen LogP contribution in [0.1, 0.15) is 38.4 Å². The van der Waals surface area contributed by atoms with E-state index in [0.717, 1.165) is 24.2 Å². The summed E-state index contributed by atoms with van der Waals surface area (Å²) >= 11 is 0. The zero-order chi connectivity index (χ0) is 13.8. The first-order valence-corrected chi connectivity index (χ1v) is 6.74. The summed E-state index contributed by atoms with van der Waals surface area (Å²) in [6.07, 6.45) is 1.99. The summed E-state index contributed by atoms with van der Waals surface area (Å²) in [4.78, 5) is 0. The van der Waals surface area contributed by atoms with Gasteiger partial charge >= 0.3 is 0 Å². The van der Waals surface area contributed by atoms with Crippen molar-refractivity contribution in [3.8, 4) is 11.5 Å². The molecule has 0 aliphatic carbocycles. The lowest BCUT2D eigenvalue weighted by atomic mass is 10.1. The Morgan fingerprint density at radius 2 is 2.21 bits per heavy atom. The van der Waals surface area contributed by atoms with Crippen LogP contribution < -0.4 is 9.47 Å².